The smallest absolute Gasteiger partial charge is 0.316 e. The summed E-state index contributed by atoms with van der Waals surface area (Å²) in [4.78, 5) is 27.8. The zero-order valence-corrected chi connectivity index (χ0v) is 16.2. The van der Waals surface area contributed by atoms with Gasteiger partial charge < -0.3 is 14.5 Å². The quantitative estimate of drug-likeness (QED) is 0.578. The van der Waals surface area contributed by atoms with Gasteiger partial charge in [0.1, 0.15) is 0 Å². The number of aryl methyl sites for hydroxylation is 1. The lowest BCUT2D eigenvalue weighted by Gasteiger charge is -2.05. The number of carbonyl (C=O) groups is 2. The Labute approximate surface area is 167 Å². The standard InChI is InChI=1S/C21H20N2O4S/c1-15-7-9-17(10-8-15)23-19(24)13-28-14-21(25)26-12-20-22-11-18(27-20)16-5-3-2-4-6-16/h2-11H,12-14H2,1H3,(H,23,24). The number of anilines is 1. The van der Waals surface area contributed by atoms with E-state index in [2.05, 4.69) is 10.3 Å². The molecule has 0 saturated carbocycles. The fourth-order valence-electron chi connectivity index (χ4n) is 2.36. The number of amides is 1. The molecule has 0 spiro atoms. The van der Waals surface area contributed by atoms with Crippen molar-refractivity contribution in [2.75, 3.05) is 16.8 Å². The first-order valence-electron chi connectivity index (χ1n) is 8.70. The van der Waals surface area contributed by atoms with E-state index >= 15 is 0 Å². The Bertz CT molecular complexity index is 923. The molecule has 0 bridgehead atoms. The maximum Gasteiger partial charge on any atom is 0.316 e. The molecule has 6 nitrogen and oxygen atoms in total. The van der Waals surface area contributed by atoms with Crippen LogP contribution in [0.25, 0.3) is 11.3 Å². The van der Waals surface area contributed by atoms with Gasteiger partial charge in [-0.05, 0) is 19.1 Å². The normalized spacial score (nSPS) is 10.5. The van der Waals surface area contributed by atoms with E-state index in [0.717, 1.165) is 16.8 Å². The highest BCUT2D eigenvalue weighted by Crippen LogP contribution is 2.20. The first-order chi connectivity index (χ1) is 13.6. The molecule has 1 N–H and O–H groups in total. The van der Waals surface area contributed by atoms with Crippen LogP contribution in [0.3, 0.4) is 0 Å². The van der Waals surface area contributed by atoms with E-state index in [-0.39, 0.29) is 24.0 Å². The van der Waals surface area contributed by atoms with Crippen LogP contribution in [0.2, 0.25) is 0 Å². The number of aromatic nitrogens is 1. The minimum absolute atomic E-state index is 0.0399. The van der Waals surface area contributed by atoms with Crippen LogP contribution in [0, 0.1) is 6.92 Å². The molecule has 0 unspecified atom stereocenters. The van der Waals surface area contributed by atoms with Gasteiger partial charge in [0, 0.05) is 11.3 Å². The van der Waals surface area contributed by atoms with Crippen molar-refractivity contribution in [3.63, 3.8) is 0 Å². The Balaban J connectivity index is 1.36. The third-order valence-corrected chi connectivity index (χ3v) is 4.66. The van der Waals surface area contributed by atoms with Crippen LogP contribution in [0.1, 0.15) is 11.5 Å². The summed E-state index contributed by atoms with van der Waals surface area (Å²) in [5.74, 6) is 0.603. The van der Waals surface area contributed by atoms with E-state index in [1.807, 2.05) is 61.5 Å². The molecule has 0 atom stereocenters. The molecule has 1 aromatic heterocycles. The summed E-state index contributed by atoms with van der Waals surface area (Å²) in [6, 6.07) is 17.1. The molecule has 0 saturated heterocycles. The zero-order chi connectivity index (χ0) is 19.8. The van der Waals surface area contributed by atoms with Crippen molar-refractivity contribution in [1.29, 1.82) is 0 Å². The van der Waals surface area contributed by atoms with Crippen molar-refractivity contribution in [2.24, 2.45) is 0 Å². The van der Waals surface area contributed by atoms with Gasteiger partial charge in [0.05, 0.1) is 17.7 Å². The minimum Gasteiger partial charge on any atom is -0.455 e. The topological polar surface area (TPSA) is 81.4 Å². The van der Waals surface area contributed by atoms with E-state index in [0.29, 0.717) is 11.7 Å². The lowest BCUT2D eigenvalue weighted by Crippen LogP contribution is -2.16. The largest absolute Gasteiger partial charge is 0.455 e. The van der Waals surface area contributed by atoms with Gasteiger partial charge in [-0.25, -0.2) is 4.98 Å². The summed E-state index contributed by atoms with van der Waals surface area (Å²) in [5.41, 5.74) is 2.76. The number of thioether (sulfide) groups is 1. The molecule has 28 heavy (non-hydrogen) atoms. The number of esters is 1. The molecule has 7 heteroatoms. The average Bonchev–Trinajstić information content (AvgIpc) is 3.18. The summed E-state index contributed by atoms with van der Waals surface area (Å²) < 4.78 is 10.7. The number of ether oxygens (including phenoxy) is 1. The molecule has 2 aromatic carbocycles. The molecular weight excluding hydrogens is 376 g/mol. The summed E-state index contributed by atoms with van der Waals surface area (Å²) in [7, 11) is 0. The lowest BCUT2D eigenvalue weighted by molar-refractivity contribution is -0.142. The molecule has 0 aliphatic carbocycles. The monoisotopic (exact) mass is 396 g/mol. The fraction of sp³-hybridized carbons (Fsp3) is 0.190. The van der Waals surface area contributed by atoms with Gasteiger partial charge in [-0.2, -0.15) is 0 Å². The van der Waals surface area contributed by atoms with Crippen molar-refractivity contribution in [1.82, 2.24) is 4.98 Å². The van der Waals surface area contributed by atoms with Gasteiger partial charge in [-0.1, -0.05) is 48.0 Å². The van der Waals surface area contributed by atoms with Gasteiger partial charge in [-0.3, -0.25) is 9.59 Å². The van der Waals surface area contributed by atoms with E-state index < -0.39 is 5.97 Å². The molecule has 3 aromatic rings. The Hall–Kier alpha value is -3.06. The molecule has 0 aliphatic heterocycles. The molecular formula is C21H20N2O4S. The Morgan fingerprint density at radius 1 is 1.07 bits per heavy atom. The summed E-state index contributed by atoms with van der Waals surface area (Å²) in [6.45, 7) is 1.94. The van der Waals surface area contributed by atoms with Crippen LogP contribution < -0.4 is 5.32 Å². The van der Waals surface area contributed by atoms with Gasteiger partial charge in [0.15, 0.2) is 12.4 Å². The van der Waals surface area contributed by atoms with Crippen molar-refractivity contribution < 1.29 is 18.7 Å². The summed E-state index contributed by atoms with van der Waals surface area (Å²) in [6.07, 6.45) is 1.60. The third kappa shape index (κ3) is 5.99. The van der Waals surface area contributed by atoms with E-state index in [1.165, 1.54) is 11.8 Å². The van der Waals surface area contributed by atoms with E-state index in [1.54, 1.807) is 6.20 Å². The number of hydrogen-bond donors (Lipinski definition) is 1. The van der Waals surface area contributed by atoms with Crippen molar-refractivity contribution in [3.05, 3.63) is 72.2 Å². The number of oxazole rings is 1. The van der Waals surface area contributed by atoms with Crippen molar-refractivity contribution in [3.8, 4) is 11.3 Å². The third-order valence-electron chi connectivity index (χ3n) is 3.76. The van der Waals surface area contributed by atoms with Gasteiger partial charge in [-0.15, -0.1) is 11.8 Å². The number of hydrogen-bond acceptors (Lipinski definition) is 6. The fourth-order valence-corrected chi connectivity index (χ4v) is 2.97. The molecule has 1 heterocycles. The van der Waals surface area contributed by atoms with Crippen LogP contribution >= 0.6 is 11.8 Å². The molecule has 0 radical (unpaired) electrons. The maximum atomic E-state index is 11.9. The van der Waals surface area contributed by atoms with Crippen molar-refractivity contribution >= 4 is 29.3 Å². The zero-order valence-electron chi connectivity index (χ0n) is 15.4. The molecule has 0 fully saturated rings. The van der Waals surface area contributed by atoms with E-state index in [9.17, 15) is 9.59 Å². The van der Waals surface area contributed by atoms with Crippen LogP contribution in [0.4, 0.5) is 5.69 Å². The number of nitrogens with zero attached hydrogens (tertiary/aromatic N) is 1. The van der Waals surface area contributed by atoms with E-state index in [4.69, 9.17) is 9.15 Å². The number of rotatable bonds is 8. The number of benzene rings is 2. The SMILES string of the molecule is Cc1ccc(NC(=O)CSCC(=O)OCc2ncc(-c3ccccc3)o2)cc1. The highest BCUT2D eigenvalue weighted by atomic mass is 32.2. The maximum absolute atomic E-state index is 11.9. The second-order valence-corrected chi connectivity index (χ2v) is 7.04. The van der Waals surface area contributed by atoms with Gasteiger partial charge in [0.25, 0.3) is 0 Å². The molecule has 3 rings (SSSR count). The highest BCUT2D eigenvalue weighted by Gasteiger charge is 2.11. The Morgan fingerprint density at radius 2 is 1.82 bits per heavy atom. The van der Waals surface area contributed by atoms with Gasteiger partial charge >= 0.3 is 5.97 Å². The van der Waals surface area contributed by atoms with Crippen LogP contribution in [-0.2, 0) is 20.9 Å². The first kappa shape index (κ1) is 19.7. The number of nitrogens with one attached hydrogen (secondary N) is 1. The van der Waals surface area contributed by atoms with Gasteiger partial charge in [0.2, 0.25) is 11.8 Å². The second kappa shape index (κ2) is 9.75. The number of carbonyl (C=O) groups excluding carboxylic acids is 2. The molecule has 1 amide bonds. The van der Waals surface area contributed by atoms with Crippen LogP contribution in [-0.4, -0.2) is 28.4 Å². The van der Waals surface area contributed by atoms with Crippen molar-refractivity contribution in [2.45, 2.75) is 13.5 Å². The summed E-state index contributed by atoms with van der Waals surface area (Å²) >= 11 is 1.19. The van der Waals surface area contributed by atoms with Crippen LogP contribution in [0.15, 0.2) is 65.2 Å². The predicted molar refractivity (Wildman–Crippen MR) is 109 cm³/mol. The second-order valence-electron chi connectivity index (χ2n) is 6.05. The molecule has 0 aliphatic rings. The molecule has 144 valence electrons. The Morgan fingerprint density at radius 3 is 2.57 bits per heavy atom. The van der Waals surface area contributed by atoms with Crippen LogP contribution in [0.5, 0.6) is 0 Å². The minimum atomic E-state index is -0.424. The first-order valence-corrected chi connectivity index (χ1v) is 9.85. The average molecular weight is 396 g/mol. The summed E-state index contributed by atoms with van der Waals surface area (Å²) in [5, 5.41) is 2.78. The lowest BCUT2D eigenvalue weighted by atomic mass is 10.2. The Kier molecular flexibility index (Phi) is 6.86. The predicted octanol–water partition coefficient (Wildman–Crippen LogP) is 4.07. The highest BCUT2D eigenvalue weighted by molar-refractivity contribution is 8.00.